The second-order valence-electron chi connectivity index (χ2n) is 6.22. The van der Waals surface area contributed by atoms with Gasteiger partial charge in [0.1, 0.15) is 0 Å². The predicted octanol–water partition coefficient (Wildman–Crippen LogP) is 6.35. The molecule has 0 saturated carbocycles. The van der Waals surface area contributed by atoms with Crippen molar-refractivity contribution in [1.29, 1.82) is 0 Å². The first-order valence-corrected chi connectivity index (χ1v) is 7.80. The van der Waals surface area contributed by atoms with Crippen LogP contribution in [0.2, 0.25) is 0 Å². The summed E-state index contributed by atoms with van der Waals surface area (Å²) >= 11 is 0. The van der Waals surface area contributed by atoms with Crippen LogP contribution in [-0.4, -0.2) is 0 Å². The fourth-order valence-electron chi connectivity index (χ4n) is 3.08. The van der Waals surface area contributed by atoms with E-state index >= 15 is 0 Å². The van der Waals surface area contributed by atoms with Gasteiger partial charge >= 0.3 is 26.2 Å². The summed E-state index contributed by atoms with van der Waals surface area (Å²) in [5.41, 5.74) is 5.45. The van der Waals surface area contributed by atoms with Crippen LogP contribution in [0.25, 0.3) is 21.5 Å². The van der Waals surface area contributed by atoms with Crippen LogP contribution in [0.3, 0.4) is 0 Å². The molecule has 0 aliphatic heterocycles. The summed E-state index contributed by atoms with van der Waals surface area (Å²) in [6.07, 6.45) is 0. The van der Waals surface area contributed by atoms with Crippen LogP contribution in [0.4, 0.5) is 0 Å². The van der Waals surface area contributed by atoms with Crippen LogP contribution in [0.1, 0.15) is 22.3 Å². The van der Waals surface area contributed by atoms with Gasteiger partial charge in [0.05, 0.1) is 0 Å². The van der Waals surface area contributed by atoms with Crippen molar-refractivity contribution in [3.05, 3.63) is 82.9 Å². The molecule has 0 aromatic heterocycles. The van der Waals surface area contributed by atoms with Crippen molar-refractivity contribution >= 4 is 21.5 Å². The maximum absolute atomic E-state index is 2.24. The minimum atomic E-state index is 0. The molecule has 0 atom stereocenters. The van der Waals surface area contributed by atoms with Crippen LogP contribution in [0.5, 0.6) is 0 Å². The smallest absolute Gasteiger partial charge is 0.165 e. The molecule has 1 heteroatoms. The molecule has 0 radical (unpaired) electrons. The summed E-state index contributed by atoms with van der Waals surface area (Å²) in [6.45, 7) is 8.59. The molecule has 23 heavy (non-hydrogen) atoms. The SMILES string of the molecule is Cc1cc2c(C)cccc2[cH-]1.Cc1cc2c(C)cccc2[cH-]1.[Zr+2]. The quantitative estimate of drug-likeness (QED) is 0.313. The van der Waals surface area contributed by atoms with Crippen molar-refractivity contribution in [1.82, 2.24) is 0 Å². The Hall–Kier alpha value is -1.46. The first-order chi connectivity index (χ1) is 10.5. The Morgan fingerprint density at radius 2 is 1.00 bits per heavy atom. The molecule has 114 valence electrons. The fraction of sp³-hybridized carbons (Fsp3) is 0.182. The second kappa shape index (κ2) is 7.41. The van der Waals surface area contributed by atoms with E-state index in [9.17, 15) is 0 Å². The molecule has 0 nitrogen and oxygen atoms in total. The second-order valence-corrected chi connectivity index (χ2v) is 6.22. The van der Waals surface area contributed by atoms with E-state index in [-0.39, 0.29) is 26.2 Å². The molecule has 0 heterocycles. The van der Waals surface area contributed by atoms with Gasteiger partial charge in [-0.2, -0.15) is 12.1 Å². The van der Waals surface area contributed by atoms with Crippen molar-refractivity contribution in [2.45, 2.75) is 27.7 Å². The Kier molecular flexibility index (Phi) is 5.76. The zero-order valence-corrected chi connectivity index (χ0v) is 16.7. The van der Waals surface area contributed by atoms with Crippen molar-refractivity contribution in [2.75, 3.05) is 0 Å². The molecular weight excluding hydrogens is 355 g/mol. The van der Waals surface area contributed by atoms with Crippen LogP contribution >= 0.6 is 0 Å². The average molecular weight is 378 g/mol. The zero-order valence-electron chi connectivity index (χ0n) is 14.3. The summed E-state index contributed by atoms with van der Waals surface area (Å²) in [5.74, 6) is 0. The largest absolute Gasteiger partial charge is 2.00 e. The molecule has 0 amide bonds. The van der Waals surface area contributed by atoms with Gasteiger partial charge in [0, 0.05) is 0 Å². The minimum Gasteiger partial charge on any atom is -0.165 e. The third kappa shape index (κ3) is 3.90. The third-order valence-corrected chi connectivity index (χ3v) is 4.23. The normalized spacial score (nSPS) is 10.3. The molecule has 0 saturated heterocycles. The van der Waals surface area contributed by atoms with Crippen LogP contribution < -0.4 is 0 Å². The first-order valence-electron chi connectivity index (χ1n) is 7.80. The van der Waals surface area contributed by atoms with Crippen molar-refractivity contribution in [3.8, 4) is 0 Å². The molecule has 0 spiro atoms. The van der Waals surface area contributed by atoms with Crippen LogP contribution in [0, 0.1) is 27.7 Å². The summed E-state index contributed by atoms with van der Waals surface area (Å²) in [5, 5.41) is 5.51. The van der Waals surface area contributed by atoms with Gasteiger partial charge in [-0.3, -0.25) is 0 Å². The number of aryl methyl sites for hydroxylation is 4. The fourth-order valence-corrected chi connectivity index (χ4v) is 3.08. The Labute approximate surface area is 158 Å². The standard InChI is InChI=1S/2C11H11.Zr/c2*1-8-6-10-5-3-4-9(2)11(10)7-8;/h2*3-7H,1-2H3;/q2*-1;+2. The van der Waals surface area contributed by atoms with Crippen LogP contribution in [-0.2, 0) is 26.2 Å². The Morgan fingerprint density at radius 1 is 0.609 bits per heavy atom. The van der Waals surface area contributed by atoms with Gasteiger partial charge in [-0.05, 0) is 13.8 Å². The first kappa shape index (κ1) is 17.9. The molecule has 0 N–H and O–H groups in total. The molecule has 0 aliphatic carbocycles. The molecule has 0 bridgehead atoms. The van der Waals surface area contributed by atoms with E-state index in [0.29, 0.717) is 0 Å². The number of fused-ring (bicyclic) bond motifs is 2. The summed E-state index contributed by atoms with van der Waals surface area (Å²) in [7, 11) is 0. The van der Waals surface area contributed by atoms with E-state index in [1.165, 1.54) is 43.8 Å². The van der Waals surface area contributed by atoms with E-state index in [1.54, 1.807) is 0 Å². The minimum absolute atomic E-state index is 0. The van der Waals surface area contributed by atoms with Gasteiger partial charge in [0.2, 0.25) is 0 Å². The van der Waals surface area contributed by atoms with E-state index in [2.05, 4.69) is 88.4 Å². The molecule has 4 aromatic rings. The Bertz CT molecular complexity index is 844. The number of hydrogen-bond acceptors (Lipinski definition) is 0. The van der Waals surface area contributed by atoms with Gasteiger partial charge < -0.3 is 0 Å². The van der Waals surface area contributed by atoms with E-state index in [4.69, 9.17) is 0 Å². The summed E-state index contributed by atoms with van der Waals surface area (Å²) in [6, 6.07) is 21.8. The van der Waals surface area contributed by atoms with Gasteiger partial charge in [0.15, 0.2) is 0 Å². The maximum Gasteiger partial charge on any atom is 2.00 e. The number of hydrogen-bond donors (Lipinski definition) is 0. The van der Waals surface area contributed by atoms with Gasteiger partial charge in [-0.1, -0.05) is 37.1 Å². The molecule has 0 unspecified atom stereocenters. The van der Waals surface area contributed by atoms with E-state index in [0.717, 1.165) is 0 Å². The van der Waals surface area contributed by atoms with Crippen LogP contribution in [0.15, 0.2) is 60.7 Å². The van der Waals surface area contributed by atoms with Crippen molar-refractivity contribution in [2.24, 2.45) is 0 Å². The zero-order chi connectivity index (χ0) is 15.7. The van der Waals surface area contributed by atoms with Gasteiger partial charge in [-0.25, -0.2) is 0 Å². The maximum atomic E-state index is 2.24. The van der Waals surface area contributed by atoms with Gasteiger partial charge in [-0.15, -0.1) is 69.1 Å². The third-order valence-electron chi connectivity index (χ3n) is 4.23. The molecular formula is C22H22Zr. The number of rotatable bonds is 0. The number of benzene rings is 2. The monoisotopic (exact) mass is 376 g/mol. The Morgan fingerprint density at radius 3 is 1.35 bits per heavy atom. The van der Waals surface area contributed by atoms with E-state index < -0.39 is 0 Å². The topological polar surface area (TPSA) is 0 Å². The summed E-state index contributed by atoms with van der Waals surface area (Å²) < 4.78 is 0. The van der Waals surface area contributed by atoms with Crippen molar-refractivity contribution in [3.63, 3.8) is 0 Å². The average Bonchev–Trinajstić information content (AvgIpc) is 3.03. The predicted molar refractivity (Wildman–Crippen MR) is 98.0 cm³/mol. The van der Waals surface area contributed by atoms with Gasteiger partial charge in [0.25, 0.3) is 0 Å². The van der Waals surface area contributed by atoms with Crippen molar-refractivity contribution < 1.29 is 26.2 Å². The summed E-state index contributed by atoms with van der Waals surface area (Å²) in [4.78, 5) is 0. The van der Waals surface area contributed by atoms with E-state index in [1.807, 2.05) is 0 Å². The molecule has 0 aliphatic rings. The Balaban J connectivity index is 0.000000160. The molecule has 4 aromatic carbocycles. The molecule has 0 fully saturated rings. The molecule has 4 rings (SSSR count).